The van der Waals surface area contributed by atoms with Crippen molar-refractivity contribution < 1.29 is 18.6 Å². The van der Waals surface area contributed by atoms with Gasteiger partial charge < -0.3 is 4.65 Å². The summed E-state index contributed by atoms with van der Waals surface area (Å²) in [7, 11) is 1.30. The van der Waals surface area contributed by atoms with Crippen molar-refractivity contribution in [3.63, 3.8) is 0 Å². The van der Waals surface area contributed by atoms with Crippen LogP contribution in [0.1, 0.15) is 58.4 Å². The van der Waals surface area contributed by atoms with Crippen LogP contribution in [0.3, 0.4) is 0 Å². The van der Waals surface area contributed by atoms with Crippen LogP contribution in [0.5, 0.6) is 0 Å². The zero-order valence-electron chi connectivity index (χ0n) is 16.6. The highest BCUT2D eigenvalue weighted by Crippen LogP contribution is 2.18. The fourth-order valence-corrected chi connectivity index (χ4v) is 3.05. The van der Waals surface area contributed by atoms with Crippen LogP contribution in [0.15, 0.2) is 24.3 Å². The molecule has 6 nitrogen and oxygen atoms in total. The summed E-state index contributed by atoms with van der Waals surface area (Å²) >= 11 is 0. The number of hydrazine groups is 1. The average Bonchev–Trinajstić information content (AvgIpc) is 3.07. The lowest BCUT2D eigenvalue weighted by atomic mass is 9.85. The molecule has 0 fully saturated rings. The normalized spacial score (nSPS) is 12.9. The molecule has 1 aromatic heterocycles. The number of fused-ring (bicyclic) bond motifs is 1. The van der Waals surface area contributed by atoms with Gasteiger partial charge in [0.1, 0.15) is 5.82 Å². The van der Waals surface area contributed by atoms with Crippen LogP contribution in [-0.4, -0.2) is 34.8 Å². The molecule has 0 spiro atoms. The first kappa shape index (κ1) is 20.0. The number of nitrogens with zero attached hydrogens (tertiary/aromatic N) is 2. The SMILES string of the molecule is Cc1cc(C(=O)N(NC(=O)c2ccc3c(c2F)[B]OC3)C(C)(C)C)cc(C)n1. The van der Waals surface area contributed by atoms with Crippen molar-refractivity contribution in [3.05, 3.63) is 58.2 Å². The largest absolute Gasteiger partial charge is 0.430 e. The highest BCUT2D eigenvalue weighted by molar-refractivity contribution is 6.49. The van der Waals surface area contributed by atoms with E-state index in [0.29, 0.717) is 22.5 Å². The van der Waals surface area contributed by atoms with Crippen molar-refractivity contribution in [2.24, 2.45) is 0 Å². The minimum atomic E-state index is -0.736. The van der Waals surface area contributed by atoms with E-state index in [9.17, 15) is 14.0 Å². The van der Waals surface area contributed by atoms with Gasteiger partial charge in [-0.2, -0.15) is 0 Å². The Morgan fingerprint density at radius 3 is 2.46 bits per heavy atom. The Bertz CT molecular complexity index is 936. The number of aromatic nitrogens is 1. The monoisotopic (exact) mass is 382 g/mol. The van der Waals surface area contributed by atoms with E-state index in [1.54, 1.807) is 52.8 Å². The number of carbonyl (C=O) groups is 2. The van der Waals surface area contributed by atoms with E-state index in [2.05, 4.69) is 10.4 Å². The number of rotatable bonds is 2. The Hall–Kier alpha value is -2.74. The van der Waals surface area contributed by atoms with E-state index < -0.39 is 23.2 Å². The van der Waals surface area contributed by atoms with Gasteiger partial charge in [-0.15, -0.1) is 0 Å². The van der Waals surface area contributed by atoms with E-state index in [4.69, 9.17) is 4.65 Å². The summed E-state index contributed by atoms with van der Waals surface area (Å²) in [5.74, 6) is -1.76. The molecule has 1 N–H and O–H groups in total. The fraction of sp³-hybridized carbons (Fsp3) is 0.350. The zero-order chi connectivity index (χ0) is 20.6. The standard InChI is InChI=1S/C20H22BFN3O3/c1-11-8-14(9-12(2)23-11)19(27)25(20(3,4)5)24-18(26)15-7-6-13-10-28-21-16(13)17(15)22/h6-9H,10H2,1-5H3,(H,24,26). The van der Waals surface area contributed by atoms with Gasteiger partial charge in [0.15, 0.2) is 0 Å². The Morgan fingerprint density at radius 2 is 1.86 bits per heavy atom. The summed E-state index contributed by atoms with van der Waals surface area (Å²) in [5, 5.41) is 1.22. The van der Waals surface area contributed by atoms with Gasteiger partial charge in [-0.1, -0.05) is 6.07 Å². The van der Waals surface area contributed by atoms with E-state index in [1.165, 1.54) is 18.6 Å². The van der Waals surface area contributed by atoms with Crippen LogP contribution in [0.4, 0.5) is 4.39 Å². The van der Waals surface area contributed by atoms with E-state index >= 15 is 0 Å². The van der Waals surface area contributed by atoms with Crippen LogP contribution >= 0.6 is 0 Å². The molecule has 0 aliphatic carbocycles. The third-order valence-electron chi connectivity index (χ3n) is 4.37. The predicted octanol–water partition coefficient (Wildman–Crippen LogP) is 2.20. The van der Waals surface area contributed by atoms with Gasteiger partial charge in [-0.05, 0) is 63.8 Å². The van der Waals surface area contributed by atoms with Crippen molar-refractivity contribution in [1.82, 2.24) is 15.4 Å². The number of aryl methyl sites for hydroxylation is 2. The maximum absolute atomic E-state index is 14.7. The molecule has 0 saturated heterocycles. The molecule has 145 valence electrons. The summed E-state index contributed by atoms with van der Waals surface area (Å²) in [6.07, 6.45) is 0. The zero-order valence-corrected chi connectivity index (χ0v) is 16.6. The van der Waals surface area contributed by atoms with Gasteiger partial charge in [0.05, 0.1) is 17.7 Å². The van der Waals surface area contributed by atoms with Crippen LogP contribution in [0.2, 0.25) is 0 Å². The van der Waals surface area contributed by atoms with Crippen LogP contribution in [0.25, 0.3) is 0 Å². The molecular weight excluding hydrogens is 360 g/mol. The number of benzene rings is 1. The maximum atomic E-state index is 14.7. The molecule has 2 heterocycles. The molecule has 2 aromatic rings. The number of hydrogen-bond donors (Lipinski definition) is 1. The first-order chi connectivity index (χ1) is 13.1. The number of amides is 2. The topological polar surface area (TPSA) is 71.5 Å². The minimum absolute atomic E-state index is 0.148. The lowest BCUT2D eigenvalue weighted by molar-refractivity contribution is 0.0357. The predicted molar refractivity (Wildman–Crippen MR) is 104 cm³/mol. The quantitative estimate of drug-likeness (QED) is 0.639. The van der Waals surface area contributed by atoms with Gasteiger partial charge in [-0.3, -0.25) is 20.0 Å². The lowest BCUT2D eigenvalue weighted by Crippen LogP contribution is -2.56. The first-order valence-corrected chi connectivity index (χ1v) is 8.95. The van der Waals surface area contributed by atoms with Gasteiger partial charge in [0, 0.05) is 17.0 Å². The first-order valence-electron chi connectivity index (χ1n) is 8.95. The third-order valence-corrected chi connectivity index (χ3v) is 4.37. The summed E-state index contributed by atoms with van der Waals surface area (Å²) < 4.78 is 19.8. The Kier molecular flexibility index (Phi) is 5.25. The number of pyridine rings is 1. The smallest absolute Gasteiger partial charge is 0.333 e. The fourth-order valence-electron chi connectivity index (χ4n) is 3.05. The molecule has 8 heteroatoms. The second kappa shape index (κ2) is 7.35. The number of halogens is 1. The highest BCUT2D eigenvalue weighted by atomic mass is 19.1. The average molecular weight is 382 g/mol. The molecule has 0 bridgehead atoms. The second-order valence-corrected chi connectivity index (χ2v) is 7.82. The van der Waals surface area contributed by atoms with E-state index in [1.807, 2.05) is 0 Å². The van der Waals surface area contributed by atoms with Crippen LogP contribution in [-0.2, 0) is 11.3 Å². The second-order valence-electron chi connectivity index (χ2n) is 7.82. The lowest BCUT2D eigenvalue weighted by Gasteiger charge is -2.35. The summed E-state index contributed by atoms with van der Waals surface area (Å²) in [6, 6.07) is 6.36. The van der Waals surface area contributed by atoms with Gasteiger partial charge >= 0.3 is 7.48 Å². The third kappa shape index (κ3) is 3.92. The number of nitrogens with one attached hydrogen (secondary N) is 1. The number of hydrogen-bond acceptors (Lipinski definition) is 4. The molecule has 1 aliphatic rings. The molecule has 0 saturated carbocycles. The molecule has 0 atom stereocenters. The number of carbonyl (C=O) groups excluding carboxylic acids is 2. The molecule has 0 unspecified atom stereocenters. The summed E-state index contributed by atoms with van der Waals surface area (Å²) in [6.45, 7) is 9.22. The molecule has 1 aliphatic heterocycles. The molecule has 3 rings (SSSR count). The van der Waals surface area contributed by atoms with E-state index in [0.717, 1.165) is 0 Å². The Balaban J connectivity index is 1.91. The van der Waals surface area contributed by atoms with Crippen LogP contribution < -0.4 is 10.9 Å². The molecule has 2 amide bonds. The minimum Gasteiger partial charge on any atom is -0.430 e. The van der Waals surface area contributed by atoms with Crippen molar-refractivity contribution in [3.8, 4) is 0 Å². The molecule has 1 aromatic carbocycles. The van der Waals surface area contributed by atoms with Gasteiger partial charge in [0.25, 0.3) is 11.8 Å². The summed E-state index contributed by atoms with van der Waals surface area (Å²) in [4.78, 5) is 30.1. The van der Waals surface area contributed by atoms with Crippen molar-refractivity contribution in [1.29, 1.82) is 0 Å². The molecule has 28 heavy (non-hydrogen) atoms. The molecular formula is C20H22BFN3O3. The Labute approximate surface area is 164 Å². The van der Waals surface area contributed by atoms with Crippen molar-refractivity contribution in [2.45, 2.75) is 46.8 Å². The maximum Gasteiger partial charge on any atom is 0.333 e. The van der Waals surface area contributed by atoms with Gasteiger partial charge in [0.2, 0.25) is 0 Å². The molecule has 1 radical (unpaired) electrons. The highest BCUT2D eigenvalue weighted by Gasteiger charge is 2.31. The van der Waals surface area contributed by atoms with Crippen molar-refractivity contribution >= 4 is 24.8 Å². The van der Waals surface area contributed by atoms with Crippen LogP contribution in [0, 0.1) is 19.7 Å². The van der Waals surface area contributed by atoms with Gasteiger partial charge in [-0.25, -0.2) is 9.40 Å². The summed E-state index contributed by atoms with van der Waals surface area (Å²) in [5.41, 5.74) is 4.43. The Morgan fingerprint density at radius 1 is 1.21 bits per heavy atom. The van der Waals surface area contributed by atoms with E-state index in [-0.39, 0.29) is 17.6 Å². The van der Waals surface area contributed by atoms with Crippen molar-refractivity contribution in [2.75, 3.05) is 0 Å².